The third-order valence-electron chi connectivity index (χ3n) is 10.2. The maximum Gasteiger partial charge on any atom is 0.411 e. The van der Waals surface area contributed by atoms with Crippen molar-refractivity contribution in [3.63, 3.8) is 0 Å². The van der Waals surface area contributed by atoms with Crippen molar-refractivity contribution in [2.45, 2.75) is 83.1 Å². The Hall–Kier alpha value is -1.62. The summed E-state index contributed by atoms with van der Waals surface area (Å²) in [6.45, 7) is 6.99. The van der Waals surface area contributed by atoms with E-state index in [2.05, 4.69) is 13.8 Å². The molecule has 0 aromatic carbocycles. The molecule has 202 valence electrons. The molecule has 1 amide bonds. The summed E-state index contributed by atoms with van der Waals surface area (Å²) in [6, 6.07) is -1.98. The first-order valence-electron chi connectivity index (χ1n) is 12.8. The Morgan fingerprint density at radius 2 is 1.94 bits per heavy atom. The molecule has 4 N–H and O–H groups in total. The van der Waals surface area contributed by atoms with E-state index in [1.165, 1.54) is 0 Å². The zero-order valence-electron chi connectivity index (χ0n) is 21.0. The molecule has 10 heteroatoms. The van der Waals surface area contributed by atoms with Gasteiger partial charge in [-0.25, -0.2) is 4.79 Å². The first kappa shape index (κ1) is 26.0. The molecule has 1 heterocycles. The van der Waals surface area contributed by atoms with E-state index in [4.69, 9.17) is 4.74 Å². The van der Waals surface area contributed by atoms with Crippen LogP contribution in [-0.4, -0.2) is 80.7 Å². The Labute approximate surface area is 208 Å². The molecule has 3 fully saturated rings. The van der Waals surface area contributed by atoms with Gasteiger partial charge in [-0.1, -0.05) is 32.9 Å². The molecule has 0 radical (unpaired) electrons. The second-order valence-electron chi connectivity index (χ2n) is 12.2. The maximum atomic E-state index is 13.5. The number of amides is 1. The number of aliphatic hydroxyl groups is 4. The van der Waals surface area contributed by atoms with Crippen molar-refractivity contribution < 1.29 is 43.1 Å². The Morgan fingerprint density at radius 1 is 1.28 bits per heavy atom. The van der Waals surface area contributed by atoms with Gasteiger partial charge in [0.15, 0.2) is 6.10 Å². The molecule has 1 saturated heterocycles. The van der Waals surface area contributed by atoms with Gasteiger partial charge in [0.1, 0.15) is 17.7 Å². The van der Waals surface area contributed by atoms with Gasteiger partial charge in [0.05, 0.1) is 18.1 Å². The molecule has 36 heavy (non-hydrogen) atoms. The number of halogens is 3. The molecule has 4 aliphatic carbocycles. The van der Waals surface area contributed by atoms with Crippen LogP contribution in [0.2, 0.25) is 0 Å². The van der Waals surface area contributed by atoms with E-state index in [0.717, 1.165) is 0 Å². The van der Waals surface area contributed by atoms with E-state index in [9.17, 15) is 38.4 Å². The quantitative estimate of drug-likeness (QED) is 0.421. The highest BCUT2D eigenvalue weighted by molar-refractivity contribution is 5.69. The number of fused-ring (bicyclic) bond motifs is 3. The average Bonchev–Trinajstić information content (AvgIpc) is 3.11. The Morgan fingerprint density at radius 3 is 2.56 bits per heavy atom. The van der Waals surface area contributed by atoms with Crippen molar-refractivity contribution >= 4 is 6.09 Å². The SMILES string of the molecule is CC1=C[C@]23C(O)[C@@H](C=C(CO)[C@@H](O)[C@]2(O)[C@H]1OC(=O)N1CCCC1C(F)(F)F)[C@H]1[C@@H](C[C@H]3C)C1(C)C. The molecule has 1 aliphatic heterocycles. The average molecular weight is 516 g/mol. The van der Waals surface area contributed by atoms with Crippen molar-refractivity contribution in [3.05, 3.63) is 23.3 Å². The van der Waals surface area contributed by atoms with Gasteiger partial charge in [0, 0.05) is 12.5 Å². The van der Waals surface area contributed by atoms with Crippen LogP contribution < -0.4 is 0 Å². The number of ether oxygens (including phenoxy) is 1. The number of hydrogen-bond acceptors (Lipinski definition) is 6. The summed E-state index contributed by atoms with van der Waals surface area (Å²) in [5, 5.41) is 45.9. The van der Waals surface area contributed by atoms with Crippen molar-refractivity contribution in [2.24, 2.45) is 34.5 Å². The summed E-state index contributed by atoms with van der Waals surface area (Å²) in [5.41, 5.74) is -3.32. The normalized spacial score (nSPS) is 47.2. The number of aliphatic hydroxyl groups excluding tert-OH is 3. The first-order valence-corrected chi connectivity index (χ1v) is 12.8. The summed E-state index contributed by atoms with van der Waals surface area (Å²) in [6.07, 6.45) is -6.31. The molecule has 2 unspecified atom stereocenters. The van der Waals surface area contributed by atoms with E-state index in [1.807, 2.05) is 6.92 Å². The largest absolute Gasteiger partial charge is 0.438 e. The van der Waals surface area contributed by atoms with Crippen LogP contribution in [-0.2, 0) is 4.74 Å². The molecule has 0 aromatic heterocycles. The first-order chi connectivity index (χ1) is 16.6. The summed E-state index contributed by atoms with van der Waals surface area (Å²) in [4.78, 5) is 13.7. The number of hydrogen-bond donors (Lipinski definition) is 4. The molecule has 1 spiro atoms. The summed E-state index contributed by atoms with van der Waals surface area (Å²) < 4.78 is 46.2. The third-order valence-corrected chi connectivity index (χ3v) is 10.2. The highest BCUT2D eigenvalue weighted by atomic mass is 19.4. The van der Waals surface area contributed by atoms with Crippen LogP contribution in [0.15, 0.2) is 23.3 Å². The third kappa shape index (κ3) is 3.16. The monoisotopic (exact) mass is 515 g/mol. The van der Waals surface area contributed by atoms with E-state index >= 15 is 0 Å². The van der Waals surface area contributed by atoms with Gasteiger partial charge in [0.2, 0.25) is 0 Å². The van der Waals surface area contributed by atoms with Crippen LogP contribution in [0.1, 0.15) is 47.0 Å². The smallest absolute Gasteiger partial charge is 0.411 e. The molecular formula is C26H36F3NO6. The van der Waals surface area contributed by atoms with Crippen LogP contribution >= 0.6 is 0 Å². The topological polar surface area (TPSA) is 110 Å². The van der Waals surface area contributed by atoms with Crippen LogP contribution in [0.25, 0.3) is 0 Å². The number of carbonyl (C=O) groups is 1. The minimum absolute atomic E-state index is 0.0675. The van der Waals surface area contributed by atoms with Crippen LogP contribution in [0.4, 0.5) is 18.0 Å². The van der Waals surface area contributed by atoms with Gasteiger partial charge < -0.3 is 25.2 Å². The predicted molar refractivity (Wildman–Crippen MR) is 122 cm³/mol. The minimum Gasteiger partial charge on any atom is -0.438 e. The number of likely N-dealkylation sites (tertiary alicyclic amines) is 1. The van der Waals surface area contributed by atoms with E-state index in [-0.39, 0.29) is 48.1 Å². The van der Waals surface area contributed by atoms with Crippen LogP contribution in [0, 0.1) is 34.5 Å². The lowest BCUT2D eigenvalue weighted by Gasteiger charge is -2.52. The highest BCUT2D eigenvalue weighted by Crippen LogP contribution is 2.72. The van der Waals surface area contributed by atoms with Crippen molar-refractivity contribution in [1.82, 2.24) is 4.90 Å². The molecule has 10 atom stereocenters. The molecule has 7 nitrogen and oxygen atoms in total. The van der Waals surface area contributed by atoms with Gasteiger partial charge in [-0.2, -0.15) is 13.2 Å². The zero-order chi connectivity index (χ0) is 26.6. The van der Waals surface area contributed by atoms with Gasteiger partial charge in [-0.3, -0.25) is 4.90 Å². The lowest BCUT2D eigenvalue weighted by Crippen LogP contribution is -2.67. The summed E-state index contributed by atoms with van der Waals surface area (Å²) >= 11 is 0. The fourth-order valence-corrected chi connectivity index (χ4v) is 8.40. The molecule has 0 aromatic rings. The highest BCUT2D eigenvalue weighted by Gasteiger charge is 2.76. The lowest BCUT2D eigenvalue weighted by molar-refractivity contribution is -0.218. The van der Waals surface area contributed by atoms with Crippen molar-refractivity contribution in [2.75, 3.05) is 13.2 Å². The fraction of sp³-hybridized carbons (Fsp3) is 0.808. The summed E-state index contributed by atoms with van der Waals surface area (Å²) in [5.74, 6) is -0.508. The molecule has 2 saturated carbocycles. The van der Waals surface area contributed by atoms with Crippen molar-refractivity contribution in [3.8, 4) is 0 Å². The number of rotatable bonds is 2. The number of carbonyl (C=O) groups excluding carboxylic acids is 1. The predicted octanol–water partition coefficient (Wildman–Crippen LogP) is 2.78. The Balaban J connectivity index is 1.57. The Kier molecular flexibility index (Phi) is 5.74. The second-order valence-corrected chi connectivity index (χ2v) is 12.2. The van der Waals surface area contributed by atoms with Gasteiger partial charge in [-0.05, 0) is 60.5 Å². The fourth-order valence-electron chi connectivity index (χ4n) is 8.40. The van der Waals surface area contributed by atoms with Gasteiger partial charge in [0.25, 0.3) is 0 Å². The van der Waals surface area contributed by atoms with E-state index in [1.54, 1.807) is 19.1 Å². The lowest BCUT2D eigenvalue weighted by atomic mass is 9.58. The van der Waals surface area contributed by atoms with Crippen molar-refractivity contribution in [1.29, 1.82) is 0 Å². The maximum absolute atomic E-state index is 13.5. The Bertz CT molecular complexity index is 1010. The minimum atomic E-state index is -4.62. The zero-order valence-corrected chi connectivity index (χ0v) is 21.0. The number of nitrogens with zero attached hydrogens (tertiary/aromatic N) is 1. The summed E-state index contributed by atoms with van der Waals surface area (Å²) in [7, 11) is 0. The van der Waals surface area contributed by atoms with E-state index < -0.39 is 60.2 Å². The molecule has 5 aliphatic rings. The standard InChI is InChI=1S/C26H36F3NO6/c1-12-10-24-13(2)8-16-18(23(16,3)4)15(20(24)33)9-14(11-31)19(32)25(24,35)21(12)36-22(34)30-7-5-6-17(30)26(27,28)29/h9-10,13,15-21,31-33,35H,5-8,11H2,1-4H3/t13-,15+,16-,17?,18+,19-,20?,21+,24+,25+/m1/s1. The molecule has 2 bridgehead atoms. The van der Waals surface area contributed by atoms with Crippen LogP contribution in [0.5, 0.6) is 0 Å². The van der Waals surface area contributed by atoms with E-state index in [0.29, 0.717) is 16.9 Å². The molecular weight excluding hydrogens is 479 g/mol. The second kappa shape index (κ2) is 7.94. The van der Waals surface area contributed by atoms with Gasteiger partial charge >= 0.3 is 12.3 Å². The number of alkyl halides is 3. The van der Waals surface area contributed by atoms with Crippen LogP contribution in [0.3, 0.4) is 0 Å². The molecule has 5 rings (SSSR count). The van der Waals surface area contributed by atoms with Gasteiger partial charge in [-0.15, -0.1) is 0 Å².